The third kappa shape index (κ3) is 4.19. The summed E-state index contributed by atoms with van der Waals surface area (Å²) in [6.45, 7) is 3.64. The number of nitrogens with one attached hydrogen (secondary N) is 1. The van der Waals surface area contributed by atoms with Crippen LogP contribution < -0.4 is 10.1 Å². The molecule has 114 valence electrons. The highest BCUT2D eigenvalue weighted by molar-refractivity contribution is 5.98. The van der Waals surface area contributed by atoms with Gasteiger partial charge < -0.3 is 10.1 Å². The average molecular weight is 297 g/mol. The summed E-state index contributed by atoms with van der Waals surface area (Å²) >= 11 is 0. The zero-order valence-electron chi connectivity index (χ0n) is 12.8. The van der Waals surface area contributed by atoms with E-state index in [0.717, 1.165) is 11.3 Å². The van der Waals surface area contributed by atoms with Crippen LogP contribution in [0.2, 0.25) is 0 Å². The summed E-state index contributed by atoms with van der Waals surface area (Å²) < 4.78 is 5.48. The molecule has 0 fully saturated rings. The van der Waals surface area contributed by atoms with Crippen LogP contribution in [0, 0.1) is 6.92 Å². The van der Waals surface area contributed by atoms with Crippen LogP contribution in [0.25, 0.3) is 0 Å². The Hall–Kier alpha value is -2.62. The first-order valence-electron chi connectivity index (χ1n) is 7.21. The van der Waals surface area contributed by atoms with Crippen molar-refractivity contribution in [3.8, 4) is 5.75 Å². The highest BCUT2D eigenvalue weighted by Crippen LogP contribution is 2.19. The van der Waals surface area contributed by atoms with Gasteiger partial charge in [0.15, 0.2) is 12.4 Å². The second kappa shape index (κ2) is 7.41. The molecule has 0 bridgehead atoms. The molecule has 1 N–H and O–H groups in total. The molecule has 4 nitrogen and oxygen atoms in total. The number of benzene rings is 2. The van der Waals surface area contributed by atoms with E-state index in [0.29, 0.717) is 17.7 Å². The first-order chi connectivity index (χ1) is 10.6. The van der Waals surface area contributed by atoms with E-state index in [1.54, 1.807) is 31.2 Å². The molecule has 1 amide bonds. The van der Waals surface area contributed by atoms with Gasteiger partial charge in [0.2, 0.25) is 0 Å². The van der Waals surface area contributed by atoms with Crippen LogP contribution >= 0.6 is 0 Å². The van der Waals surface area contributed by atoms with Crippen LogP contribution in [-0.2, 0) is 4.79 Å². The van der Waals surface area contributed by atoms with Crippen molar-refractivity contribution in [2.45, 2.75) is 20.3 Å². The van der Waals surface area contributed by atoms with Crippen LogP contribution in [0.5, 0.6) is 5.75 Å². The Kier molecular flexibility index (Phi) is 5.31. The smallest absolute Gasteiger partial charge is 0.262 e. The topological polar surface area (TPSA) is 55.4 Å². The summed E-state index contributed by atoms with van der Waals surface area (Å²) in [7, 11) is 0. The standard InChI is InChI=1S/C18H19NO3/c1-3-16(20)15-6-4-5-7-17(15)22-12-18(21)19-14-10-8-13(2)9-11-14/h4-11H,3,12H2,1-2H3,(H,19,21). The summed E-state index contributed by atoms with van der Waals surface area (Å²) in [6.07, 6.45) is 0.399. The van der Waals surface area contributed by atoms with E-state index in [2.05, 4.69) is 5.32 Å². The van der Waals surface area contributed by atoms with Crippen molar-refractivity contribution >= 4 is 17.4 Å². The number of Topliss-reactive ketones (excluding diaryl/α,β-unsaturated/α-hetero) is 1. The maximum absolute atomic E-state index is 11.9. The van der Waals surface area contributed by atoms with E-state index >= 15 is 0 Å². The lowest BCUT2D eigenvalue weighted by molar-refractivity contribution is -0.118. The number of carbonyl (C=O) groups is 2. The van der Waals surface area contributed by atoms with Crippen LogP contribution in [0.3, 0.4) is 0 Å². The molecule has 0 heterocycles. The number of amides is 1. The quantitative estimate of drug-likeness (QED) is 0.829. The molecular formula is C18H19NO3. The molecule has 2 aromatic carbocycles. The van der Waals surface area contributed by atoms with Gasteiger partial charge in [0.05, 0.1) is 5.56 Å². The van der Waals surface area contributed by atoms with Gasteiger partial charge in [0.25, 0.3) is 5.91 Å². The summed E-state index contributed by atoms with van der Waals surface area (Å²) in [6, 6.07) is 14.5. The van der Waals surface area contributed by atoms with E-state index in [9.17, 15) is 9.59 Å². The zero-order valence-corrected chi connectivity index (χ0v) is 12.8. The SMILES string of the molecule is CCC(=O)c1ccccc1OCC(=O)Nc1ccc(C)cc1. The molecule has 0 atom stereocenters. The largest absolute Gasteiger partial charge is 0.483 e. The second-order valence-corrected chi connectivity index (χ2v) is 4.98. The summed E-state index contributed by atoms with van der Waals surface area (Å²) in [5.41, 5.74) is 2.35. The Morgan fingerprint density at radius 2 is 1.73 bits per heavy atom. The van der Waals surface area contributed by atoms with E-state index in [1.807, 2.05) is 31.2 Å². The molecule has 2 aromatic rings. The van der Waals surface area contributed by atoms with E-state index < -0.39 is 0 Å². The van der Waals surface area contributed by atoms with Gasteiger partial charge in [-0.1, -0.05) is 36.8 Å². The number of hydrogen-bond donors (Lipinski definition) is 1. The molecule has 0 spiro atoms. The molecule has 0 aliphatic carbocycles. The minimum atomic E-state index is -0.261. The van der Waals surface area contributed by atoms with Gasteiger partial charge in [0.1, 0.15) is 5.75 Å². The van der Waals surface area contributed by atoms with Crippen molar-refractivity contribution in [3.05, 3.63) is 59.7 Å². The third-order valence-corrected chi connectivity index (χ3v) is 3.20. The number of ketones is 1. The molecule has 2 rings (SSSR count). The predicted molar refractivity (Wildman–Crippen MR) is 86.4 cm³/mol. The van der Waals surface area contributed by atoms with Crippen LogP contribution in [0.1, 0.15) is 29.3 Å². The Bertz CT molecular complexity index is 662. The molecule has 0 aliphatic rings. The van der Waals surface area contributed by atoms with Crippen molar-refractivity contribution in [3.63, 3.8) is 0 Å². The number of ether oxygens (including phenoxy) is 1. The summed E-state index contributed by atoms with van der Waals surface area (Å²) in [5, 5.41) is 2.75. The fourth-order valence-electron chi connectivity index (χ4n) is 1.99. The molecule has 0 radical (unpaired) electrons. The Morgan fingerprint density at radius 3 is 2.41 bits per heavy atom. The minimum absolute atomic E-state index is 0.00505. The highest BCUT2D eigenvalue weighted by atomic mass is 16.5. The van der Waals surface area contributed by atoms with Gasteiger partial charge in [-0.3, -0.25) is 9.59 Å². The van der Waals surface area contributed by atoms with Crippen LogP contribution in [0.15, 0.2) is 48.5 Å². The first kappa shape index (κ1) is 15.8. The fourth-order valence-corrected chi connectivity index (χ4v) is 1.99. The monoisotopic (exact) mass is 297 g/mol. The first-order valence-corrected chi connectivity index (χ1v) is 7.21. The van der Waals surface area contributed by atoms with Gasteiger partial charge in [-0.15, -0.1) is 0 Å². The van der Waals surface area contributed by atoms with Crippen molar-refractivity contribution in [1.29, 1.82) is 0 Å². The number of aryl methyl sites for hydroxylation is 1. The molecule has 0 aromatic heterocycles. The van der Waals surface area contributed by atoms with Crippen molar-refractivity contribution in [2.75, 3.05) is 11.9 Å². The Balaban J connectivity index is 1.96. The van der Waals surface area contributed by atoms with Crippen molar-refractivity contribution < 1.29 is 14.3 Å². The van der Waals surface area contributed by atoms with E-state index in [4.69, 9.17) is 4.74 Å². The predicted octanol–water partition coefficient (Wildman–Crippen LogP) is 3.61. The van der Waals surface area contributed by atoms with Crippen molar-refractivity contribution in [2.24, 2.45) is 0 Å². The third-order valence-electron chi connectivity index (χ3n) is 3.20. The van der Waals surface area contributed by atoms with Crippen molar-refractivity contribution in [1.82, 2.24) is 0 Å². The molecular weight excluding hydrogens is 278 g/mol. The minimum Gasteiger partial charge on any atom is -0.483 e. The molecule has 0 unspecified atom stereocenters. The van der Waals surface area contributed by atoms with Gasteiger partial charge in [-0.25, -0.2) is 0 Å². The fraction of sp³-hybridized carbons (Fsp3) is 0.222. The van der Waals surface area contributed by atoms with Gasteiger partial charge in [-0.2, -0.15) is 0 Å². The second-order valence-electron chi connectivity index (χ2n) is 4.98. The molecule has 0 saturated carbocycles. The molecule has 0 saturated heterocycles. The van der Waals surface area contributed by atoms with Crippen LogP contribution in [0.4, 0.5) is 5.69 Å². The van der Waals surface area contributed by atoms with Gasteiger partial charge >= 0.3 is 0 Å². The van der Waals surface area contributed by atoms with E-state index in [1.165, 1.54) is 0 Å². The van der Waals surface area contributed by atoms with E-state index in [-0.39, 0.29) is 18.3 Å². The average Bonchev–Trinajstić information content (AvgIpc) is 2.54. The van der Waals surface area contributed by atoms with Crippen LogP contribution in [-0.4, -0.2) is 18.3 Å². The summed E-state index contributed by atoms with van der Waals surface area (Å²) in [5.74, 6) is 0.172. The number of para-hydroxylation sites is 1. The Morgan fingerprint density at radius 1 is 1.05 bits per heavy atom. The summed E-state index contributed by atoms with van der Waals surface area (Å²) in [4.78, 5) is 23.7. The molecule has 22 heavy (non-hydrogen) atoms. The lowest BCUT2D eigenvalue weighted by Crippen LogP contribution is -2.20. The maximum Gasteiger partial charge on any atom is 0.262 e. The number of anilines is 1. The number of carbonyl (C=O) groups excluding carboxylic acids is 2. The number of hydrogen-bond acceptors (Lipinski definition) is 3. The normalized spacial score (nSPS) is 10.1. The van der Waals surface area contributed by atoms with Gasteiger partial charge in [-0.05, 0) is 31.2 Å². The lowest BCUT2D eigenvalue weighted by Gasteiger charge is -2.10. The lowest BCUT2D eigenvalue weighted by atomic mass is 10.1. The van der Waals surface area contributed by atoms with Gasteiger partial charge in [0, 0.05) is 12.1 Å². The maximum atomic E-state index is 11.9. The Labute approximate surface area is 130 Å². The molecule has 0 aliphatic heterocycles. The zero-order chi connectivity index (χ0) is 15.9. The number of rotatable bonds is 6. The molecule has 4 heteroatoms. The highest BCUT2D eigenvalue weighted by Gasteiger charge is 2.11.